The van der Waals surface area contributed by atoms with Crippen LogP contribution in [0.5, 0.6) is 0 Å². The first-order chi connectivity index (χ1) is 18.9. The van der Waals surface area contributed by atoms with E-state index in [2.05, 4.69) is 41.5 Å². The first-order valence-electron chi connectivity index (χ1n) is 15.8. The van der Waals surface area contributed by atoms with E-state index in [1.165, 1.54) is 0 Å². The van der Waals surface area contributed by atoms with Gasteiger partial charge in [-0.25, -0.2) is 0 Å². The van der Waals surface area contributed by atoms with Crippen molar-refractivity contribution in [2.24, 2.45) is 51.2 Å². The van der Waals surface area contributed by atoms with E-state index in [0.29, 0.717) is 18.3 Å². The van der Waals surface area contributed by atoms with Crippen LogP contribution < -0.4 is 0 Å². The Labute approximate surface area is 245 Å². The number of ether oxygens (including phenoxy) is 1. The van der Waals surface area contributed by atoms with Crippen LogP contribution in [-0.2, 0) is 23.9 Å². The van der Waals surface area contributed by atoms with E-state index in [-0.39, 0.29) is 39.5 Å². The highest BCUT2D eigenvalue weighted by molar-refractivity contribution is 5.90. The molecule has 9 atom stereocenters. The second kappa shape index (κ2) is 10.8. The molecular formula is C34H52O7. The lowest BCUT2D eigenvalue weighted by Gasteiger charge is -2.62. The Bertz CT molecular complexity index is 1140. The van der Waals surface area contributed by atoms with Crippen molar-refractivity contribution in [2.45, 2.75) is 126 Å². The summed E-state index contributed by atoms with van der Waals surface area (Å²) in [6.45, 7) is 17.3. The van der Waals surface area contributed by atoms with E-state index in [1.807, 2.05) is 0 Å². The summed E-state index contributed by atoms with van der Waals surface area (Å²) < 4.78 is 5.77. The van der Waals surface area contributed by atoms with E-state index in [9.17, 15) is 24.3 Å². The summed E-state index contributed by atoms with van der Waals surface area (Å²) in [5, 5.41) is 18.4. The molecule has 0 radical (unpaired) electrons. The van der Waals surface area contributed by atoms with Gasteiger partial charge in [0.05, 0.1) is 5.92 Å². The van der Waals surface area contributed by atoms with Crippen LogP contribution in [0.25, 0.3) is 0 Å². The van der Waals surface area contributed by atoms with E-state index in [4.69, 9.17) is 9.84 Å². The number of hydrogen-bond acceptors (Lipinski definition) is 5. The number of carbonyl (C=O) groups excluding carboxylic acids is 2. The molecule has 4 aliphatic rings. The number of Topliss-reactive ketones (excluding diaryl/α,β-unsaturated/α-hetero) is 1. The lowest BCUT2D eigenvalue weighted by Crippen LogP contribution is -2.56. The number of carbonyl (C=O) groups is 4. The van der Waals surface area contributed by atoms with Gasteiger partial charge in [0.25, 0.3) is 0 Å². The Hall–Kier alpha value is -2.18. The lowest BCUT2D eigenvalue weighted by atomic mass is 9.43. The molecule has 2 N–H and O–H groups in total. The first kappa shape index (κ1) is 31.7. The average molecular weight is 573 g/mol. The number of ketones is 1. The van der Waals surface area contributed by atoms with E-state index >= 15 is 0 Å². The third kappa shape index (κ3) is 5.07. The number of allylic oxidation sites excluding steroid dienone is 2. The van der Waals surface area contributed by atoms with Gasteiger partial charge in [-0.1, -0.05) is 66.5 Å². The van der Waals surface area contributed by atoms with Crippen LogP contribution in [0.3, 0.4) is 0 Å². The van der Waals surface area contributed by atoms with Gasteiger partial charge < -0.3 is 14.9 Å². The highest BCUT2D eigenvalue weighted by atomic mass is 16.5. The fraction of sp³-hybridized carbons (Fsp3) is 0.824. The number of fused-ring (bicyclic) bond motifs is 4. The van der Waals surface area contributed by atoms with Crippen molar-refractivity contribution in [1.82, 2.24) is 0 Å². The van der Waals surface area contributed by atoms with Crippen molar-refractivity contribution in [3.05, 3.63) is 11.1 Å². The summed E-state index contributed by atoms with van der Waals surface area (Å²) in [4.78, 5) is 47.9. The van der Waals surface area contributed by atoms with Crippen molar-refractivity contribution >= 4 is 23.7 Å². The quantitative estimate of drug-likeness (QED) is 0.172. The van der Waals surface area contributed by atoms with Crippen LogP contribution in [0.2, 0.25) is 0 Å². The van der Waals surface area contributed by atoms with Crippen molar-refractivity contribution < 1.29 is 34.1 Å². The van der Waals surface area contributed by atoms with E-state index in [0.717, 1.165) is 51.4 Å². The molecule has 2 fully saturated rings. The number of carboxylic acids is 2. The van der Waals surface area contributed by atoms with Crippen LogP contribution in [0.1, 0.15) is 120 Å². The topological polar surface area (TPSA) is 118 Å². The van der Waals surface area contributed by atoms with Crippen molar-refractivity contribution in [3.8, 4) is 0 Å². The minimum Gasteiger partial charge on any atom is -0.481 e. The van der Waals surface area contributed by atoms with Gasteiger partial charge >= 0.3 is 17.9 Å². The van der Waals surface area contributed by atoms with Gasteiger partial charge in [0.2, 0.25) is 0 Å². The maximum atomic E-state index is 13.1. The SMILES string of the molecule is C[C@@H](CC(=O)[C@H](C)[C@@H](C)C(=O)O)[C@@H]1CC[C@@]2(C)C3=C(CC[C@]12C)[C@@]1(C)CC[C@@H](OC(=O)CC(=O)O)C(C)(C)[C@@H]1CC3. The second-order valence-corrected chi connectivity index (χ2v) is 15.3. The van der Waals surface area contributed by atoms with Gasteiger partial charge in [0.15, 0.2) is 0 Å². The average Bonchev–Trinajstić information content (AvgIpc) is 3.15. The molecular weight excluding hydrogens is 520 g/mol. The summed E-state index contributed by atoms with van der Waals surface area (Å²) in [5.41, 5.74) is 3.19. The van der Waals surface area contributed by atoms with Crippen LogP contribution in [0.15, 0.2) is 11.1 Å². The van der Waals surface area contributed by atoms with Gasteiger partial charge in [0.1, 0.15) is 18.3 Å². The Balaban J connectivity index is 1.56. The van der Waals surface area contributed by atoms with E-state index < -0.39 is 36.2 Å². The summed E-state index contributed by atoms with van der Waals surface area (Å²) in [6, 6.07) is 0. The molecule has 7 nitrogen and oxygen atoms in total. The largest absolute Gasteiger partial charge is 0.481 e. The first-order valence-corrected chi connectivity index (χ1v) is 15.8. The molecule has 0 unspecified atom stereocenters. The van der Waals surface area contributed by atoms with Gasteiger partial charge in [-0.15, -0.1) is 0 Å². The van der Waals surface area contributed by atoms with Crippen molar-refractivity contribution in [2.75, 3.05) is 0 Å². The predicted octanol–water partition coefficient (Wildman–Crippen LogP) is 7.07. The molecule has 0 bridgehead atoms. The Morgan fingerprint density at radius 1 is 0.854 bits per heavy atom. The Morgan fingerprint density at radius 3 is 2.12 bits per heavy atom. The summed E-state index contributed by atoms with van der Waals surface area (Å²) in [5.74, 6) is -2.81. The molecule has 41 heavy (non-hydrogen) atoms. The second-order valence-electron chi connectivity index (χ2n) is 15.3. The monoisotopic (exact) mass is 572 g/mol. The molecule has 0 spiro atoms. The van der Waals surface area contributed by atoms with Crippen LogP contribution in [0, 0.1) is 51.2 Å². The van der Waals surface area contributed by atoms with Gasteiger partial charge in [-0.2, -0.15) is 0 Å². The zero-order valence-corrected chi connectivity index (χ0v) is 26.5. The number of hydrogen-bond donors (Lipinski definition) is 2. The van der Waals surface area contributed by atoms with E-state index in [1.54, 1.807) is 25.0 Å². The van der Waals surface area contributed by atoms with Gasteiger partial charge in [-0.3, -0.25) is 19.2 Å². The zero-order valence-electron chi connectivity index (χ0n) is 26.5. The van der Waals surface area contributed by atoms with Crippen molar-refractivity contribution in [3.63, 3.8) is 0 Å². The molecule has 7 heteroatoms. The molecule has 230 valence electrons. The third-order valence-corrected chi connectivity index (χ3v) is 13.2. The summed E-state index contributed by atoms with van der Waals surface area (Å²) >= 11 is 0. The maximum Gasteiger partial charge on any atom is 0.317 e. The molecule has 4 aliphatic carbocycles. The Morgan fingerprint density at radius 2 is 1.51 bits per heavy atom. The van der Waals surface area contributed by atoms with Gasteiger partial charge in [-0.05, 0) is 85.4 Å². The highest BCUT2D eigenvalue weighted by Gasteiger charge is 2.63. The Kier molecular flexibility index (Phi) is 8.38. The van der Waals surface area contributed by atoms with Crippen LogP contribution in [-0.4, -0.2) is 40.0 Å². The van der Waals surface area contributed by atoms with Crippen LogP contribution >= 0.6 is 0 Å². The molecule has 0 saturated heterocycles. The standard InChI is InChI=1S/C34H52O7/c1-19(17-25(35)20(2)21(3)30(39)40)22-11-15-34(8)24-9-10-26-31(4,5)27(41-29(38)18-28(36)37)13-14-32(26,6)23(24)12-16-33(22,34)7/h19-22,26-27H,9-18H2,1-8H3,(H,36,37)(H,39,40)/t19-,20+,21+,22-,26-,27+,32+,33+,34-/m0/s1. The van der Waals surface area contributed by atoms with Crippen LogP contribution in [0.4, 0.5) is 0 Å². The molecule has 0 amide bonds. The molecule has 0 aromatic heterocycles. The number of aliphatic carboxylic acids is 2. The minimum atomic E-state index is -1.16. The zero-order chi connectivity index (χ0) is 30.7. The number of esters is 1. The number of carboxylic acid groups (broad SMARTS) is 2. The number of rotatable bonds is 9. The molecule has 2 saturated carbocycles. The highest BCUT2D eigenvalue weighted by Crippen LogP contribution is 2.72. The lowest BCUT2D eigenvalue weighted by molar-refractivity contribution is -0.172. The molecule has 0 aliphatic heterocycles. The molecule has 0 aromatic carbocycles. The third-order valence-electron chi connectivity index (χ3n) is 13.2. The van der Waals surface area contributed by atoms with Gasteiger partial charge in [0, 0.05) is 17.8 Å². The summed E-state index contributed by atoms with van der Waals surface area (Å²) in [6.07, 6.45) is 7.67. The molecule has 0 heterocycles. The molecule has 0 aromatic rings. The molecule has 4 rings (SSSR count). The minimum absolute atomic E-state index is 0.0270. The van der Waals surface area contributed by atoms with Crippen molar-refractivity contribution in [1.29, 1.82) is 0 Å². The normalized spacial score (nSPS) is 38.1. The maximum absolute atomic E-state index is 13.1. The smallest absolute Gasteiger partial charge is 0.317 e. The fourth-order valence-corrected chi connectivity index (χ4v) is 10.3. The predicted molar refractivity (Wildman–Crippen MR) is 156 cm³/mol. The summed E-state index contributed by atoms with van der Waals surface area (Å²) in [7, 11) is 0. The fourth-order valence-electron chi connectivity index (χ4n) is 10.3.